The van der Waals surface area contributed by atoms with E-state index in [1.165, 1.54) is 12.1 Å². The van der Waals surface area contributed by atoms with Crippen molar-refractivity contribution in [3.05, 3.63) is 29.8 Å². The van der Waals surface area contributed by atoms with Crippen LogP contribution in [0.3, 0.4) is 0 Å². The predicted molar refractivity (Wildman–Crippen MR) is 66.9 cm³/mol. The van der Waals surface area contributed by atoms with Gasteiger partial charge in [-0.25, -0.2) is 0 Å². The Hall–Kier alpha value is -1.28. The highest BCUT2D eigenvalue weighted by Crippen LogP contribution is 2.31. The smallest absolute Gasteiger partial charge is 0.416 e. The molecule has 0 unspecified atom stereocenters. The number of rotatable bonds is 6. The van der Waals surface area contributed by atoms with Gasteiger partial charge in [0.25, 0.3) is 10.1 Å². The summed E-state index contributed by atoms with van der Waals surface area (Å²) in [6, 6.07) is 4.36. The van der Waals surface area contributed by atoms with E-state index >= 15 is 0 Å². The van der Waals surface area contributed by atoms with Gasteiger partial charge in [0.05, 0.1) is 11.8 Å². The Labute approximate surface area is 115 Å². The molecule has 1 rings (SSSR count). The fourth-order valence-corrected chi connectivity index (χ4v) is 2.10. The summed E-state index contributed by atoms with van der Waals surface area (Å²) in [5.41, 5.74) is -0.827. The summed E-state index contributed by atoms with van der Waals surface area (Å²) in [4.78, 5) is 0. The SMILES string of the molecule is CC[C@@H](COc1cccc(C(F)(F)F)c1)OS(C)(=O)=O. The average Bonchev–Trinajstić information content (AvgIpc) is 2.32. The van der Waals surface area contributed by atoms with Crippen LogP contribution in [-0.4, -0.2) is 27.4 Å². The van der Waals surface area contributed by atoms with E-state index in [0.717, 1.165) is 18.4 Å². The first-order valence-electron chi connectivity index (χ1n) is 5.80. The molecule has 1 atom stereocenters. The van der Waals surface area contributed by atoms with Gasteiger partial charge in [0.2, 0.25) is 0 Å². The molecule has 0 aliphatic carbocycles. The molecule has 114 valence electrons. The van der Waals surface area contributed by atoms with Crippen LogP contribution < -0.4 is 4.74 Å². The molecule has 0 saturated heterocycles. The van der Waals surface area contributed by atoms with Crippen molar-refractivity contribution in [3.63, 3.8) is 0 Å². The summed E-state index contributed by atoms with van der Waals surface area (Å²) in [6.07, 6.45) is -3.93. The fraction of sp³-hybridized carbons (Fsp3) is 0.500. The maximum Gasteiger partial charge on any atom is 0.416 e. The van der Waals surface area contributed by atoms with Crippen LogP contribution in [0.4, 0.5) is 13.2 Å². The number of alkyl halides is 3. The normalized spacial score (nSPS) is 14.1. The Morgan fingerprint density at radius 1 is 1.30 bits per heavy atom. The van der Waals surface area contributed by atoms with E-state index in [1.807, 2.05) is 0 Å². The first-order valence-corrected chi connectivity index (χ1v) is 7.62. The Morgan fingerprint density at radius 2 is 1.95 bits per heavy atom. The molecule has 0 spiro atoms. The van der Waals surface area contributed by atoms with Gasteiger partial charge in [-0.15, -0.1) is 0 Å². The van der Waals surface area contributed by atoms with Gasteiger partial charge in [0.1, 0.15) is 18.5 Å². The molecule has 0 amide bonds. The molecule has 0 aliphatic rings. The van der Waals surface area contributed by atoms with E-state index in [4.69, 9.17) is 8.92 Å². The number of ether oxygens (including phenoxy) is 1. The number of hydrogen-bond acceptors (Lipinski definition) is 4. The van der Waals surface area contributed by atoms with E-state index in [9.17, 15) is 21.6 Å². The lowest BCUT2D eigenvalue weighted by atomic mass is 10.2. The quantitative estimate of drug-likeness (QED) is 0.758. The third-order valence-electron chi connectivity index (χ3n) is 2.36. The van der Waals surface area contributed by atoms with Crippen LogP contribution in [0.5, 0.6) is 5.75 Å². The summed E-state index contributed by atoms with van der Waals surface area (Å²) in [7, 11) is -3.63. The molecule has 20 heavy (non-hydrogen) atoms. The molecule has 4 nitrogen and oxygen atoms in total. The van der Waals surface area contributed by atoms with Crippen molar-refractivity contribution in [1.29, 1.82) is 0 Å². The van der Waals surface area contributed by atoms with Crippen molar-refractivity contribution in [2.45, 2.75) is 25.6 Å². The average molecular weight is 312 g/mol. The second-order valence-corrected chi connectivity index (χ2v) is 5.77. The van der Waals surface area contributed by atoms with E-state index in [-0.39, 0.29) is 12.4 Å². The number of halogens is 3. The second kappa shape index (κ2) is 6.45. The molecule has 0 radical (unpaired) electrons. The van der Waals surface area contributed by atoms with Gasteiger partial charge in [0.15, 0.2) is 0 Å². The lowest BCUT2D eigenvalue weighted by molar-refractivity contribution is -0.137. The Balaban J connectivity index is 2.69. The number of hydrogen-bond donors (Lipinski definition) is 0. The van der Waals surface area contributed by atoms with Crippen molar-refractivity contribution in [2.75, 3.05) is 12.9 Å². The van der Waals surface area contributed by atoms with Gasteiger partial charge in [-0.05, 0) is 24.6 Å². The highest BCUT2D eigenvalue weighted by Gasteiger charge is 2.30. The lowest BCUT2D eigenvalue weighted by Gasteiger charge is -2.16. The van der Waals surface area contributed by atoms with Crippen molar-refractivity contribution in [3.8, 4) is 5.75 Å². The van der Waals surface area contributed by atoms with Crippen LogP contribution >= 0.6 is 0 Å². The Morgan fingerprint density at radius 3 is 2.45 bits per heavy atom. The van der Waals surface area contributed by atoms with Crippen LogP contribution in [0.25, 0.3) is 0 Å². The minimum atomic E-state index is -4.45. The van der Waals surface area contributed by atoms with Crippen molar-refractivity contribution >= 4 is 10.1 Å². The molecule has 0 fully saturated rings. The molecule has 1 aromatic rings. The molecule has 0 aliphatic heterocycles. The van der Waals surface area contributed by atoms with Gasteiger partial charge in [0, 0.05) is 0 Å². The summed E-state index contributed by atoms with van der Waals surface area (Å²) in [6.45, 7) is 1.54. The first-order chi connectivity index (χ1) is 9.12. The minimum absolute atomic E-state index is 0.00961. The minimum Gasteiger partial charge on any atom is -0.491 e. The standard InChI is InChI=1S/C12H15F3O4S/c1-3-10(19-20(2,16)17)8-18-11-6-4-5-9(7-11)12(13,14)15/h4-7,10H,3,8H2,1-2H3/t10-/m0/s1. The molecule has 0 bridgehead atoms. The van der Waals surface area contributed by atoms with E-state index < -0.39 is 28.0 Å². The summed E-state index contributed by atoms with van der Waals surface area (Å²) >= 11 is 0. The second-order valence-electron chi connectivity index (χ2n) is 4.17. The zero-order valence-electron chi connectivity index (χ0n) is 11.0. The van der Waals surface area contributed by atoms with Crippen LogP contribution in [-0.2, 0) is 20.5 Å². The van der Waals surface area contributed by atoms with Crippen molar-refractivity contribution in [1.82, 2.24) is 0 Å². The predicted octanol–water partition coefficient (Wildman–Crippen LogP) is 2.84. The third kappa shape index (κ3) is 5.79. The first kappa shape index (κ1) is 16.8. The maximum absolute atomic E-state index is 12.5. The Bertz CT molecular complexity index is 540. The zero-order valence-corrected chi connectivity index (χ0v) is 11.8. The fourth-order valence-electron chi connectivity index (χ4n) is 1.41. The van der Waals surface area contributed by atoms with Crippen LogP contribution in [0.15, 0.2) is 24.3 Å². The van der Waals surface area contributed by atoms with Gasteiger partial charge in [-0.3, -0.25) is 4.18 Å². The monoisotopic (exact) mass is 312 g/mol. The Kier molecular flexibility index (Phi) is 5.41. The summed E-state index contributed by atoms with van der Waals surface area (Å²) in [5, 5.41) is 0. The molecule has 0 heterocycles. The van der Waals surface area contributed by atoms with E-state index in [0.29, 0.717) is 6.42 Å². The van der Waals surface area contributed by atoms with Crippen molar-refractivity contribution in [2.24, 2.45) is 0 Å². The van der Waals surface area contributed by atoms with Gasteiger partial charge in [-0.2, -0.15) is 21.6 Å². The van der Waals surface area contributed by atoms with Crippen LogP contribution in [0, 0.1) is 0 Å². The molecular weight excluding hydrogens is 297 g/mol. The molecular formula is C12H15F3O4S. The largest absolute Gasteiger partial charge is 0.491 e. The highest BCUT2D eigenvalue weighted by molar-refractivity contribution is 7.86. The molecule has 0 aromatic heterocycles. The molecule has 0 N–H and O–H groups in total. The van der Waals surface area contributed by atoms with E-state index in [1.54, 1.807) is 6.92 Å². The number of benzene rings is 1. The molecule has 0 saturated carbocycles. The summed E-state index contributed by atoms with van der Waals surface area (Å²) in [5.74, 6) is 0.00961. The molecule has 1 aromatic carbocycles. The highest BCUT2D eigenvalue weighted by atomic mass is 32.2. The zero-order chi connectivity index (χ0) is 15.4. The lowest BCUT2D eigenvalue weighted by Crippen LogP contribution is -2.24. The van der Waals surface area contributed by atoms with Gasteiger partial charge < -0.3 is 4.74 Å². The van der Waals surface area contributed by atoms with Crippen molar-refractivity contribution < 1.29 is 30.5 Å². The van der Waals surface area contributed by atoms with E-state index in [2.05, 4.69) is 0 Å². The summed E-state index contributed by atoms with van der Waals surface area (Å²) < 4.78 is 69.3. The third-order valence-corrected chi connectivity index (χ3v) is 2.99. The van der Waals surface area contributed by atoms with Crippen LogP contribution in [0.2, 0.25) is 0 Å². The maximum atomic E-state index is 12.5. The van der Waals surface area contributed by atoms with Gasteiger partial charge in [-0.1, -0.05) is 13.0 Å². The molecule has 8 heteroatoms. The van der Waals surface area contributed by atoms with Gasteiger partial charge >= 0.3 is 6.18 Å². The topological polar surface area (TPSA) is 52.6 Å². The van der Waals surface area contributed by atoms with Crippen LogP contribution in [0.1, 0.15) is 18.9 Å².